The lowest BCUT2D eigenvalue weighted by atomic mass is 10.0. The number of hydrogen-bond acceptors (Lipinski definition) is 4. The molecule has 0 N–H and O–H groups in total. The van der Waals surface area contributed by atoms with Crippen molar-refractivity contribution in [1.82, 2.24) is 4.98 Å². The van der Waals surface area contributed by atoms with Gasteiger partial charge in [-0.15, -0.1) is 11.3 Å². The molecule has 0 spiro atoms. The van der Waals surface area contributed by atoms with Gasteiger partial charge in [0.15, 0.2) is 6.29 Å². The lowest BCUT2D eigenvalue weighted by molar-refractivity contribution is -0.204. The Morgan fingerprint density at radius 1 is 0.963 bits per heavy atom. The molecule has 3 nitrogen and oxygen atoms in total. The molecule has 1 saturated heterocycles. The Bertz CT molecular complexity index is 659. The van der Waals surface area contributed by atoms with Crippen LogP contribution >= 0.6 is 11.3 Å². The molecule has 3 rings (SSSR count). The molecule has 1 aliphatic heterocycles. The highest BCUT2D eigenvalue weighted by Gasteiger charge is 2.24. The predicted molar refractivity (Wildman–Crippen MR) is 113 cm³/mol. The van der Waals surface area contributed by atoms with E-state index in [4.69, 9.17) is 9.47 Å². The number of rotatable bonds is 10. The van der Waals surface area contributed by atoms with Crippen LogP contribution in [0.3, 0.4) is 0 Å². The van der Waals surface area contributed by atoms with E-state index in [-0.39, 0.29) is 6.29 Å². The highest BCUT2D eigenvalue weighted by Crippen LogP contribution is 2.35. The molecule has 1 fully saturated rings. The fraction of sp³-hybridized carbons (Fsp3) is 0.609. The molecule has 1 aliphatic rings. The van der Waals surface area contributed by atoms with E-state index >= 15 is 0 Å². The van der Waals surface area contributed by atoms with Crippen LogP contribution in [0.5, 0.6) is 0 Å². The number of unbranched alkanes of at least 4 members (excludes halogenated alkanes) is 4. The summed E-state index contributed by atoms with van der Waals surface area (Å²) >= 11 is 1.75. The smallest absolute Gasteiger partial charge is 0.193 e. The van der Waals surface area contributed by atoms with Gasteiger partial charge >= 0.3 is 0 Å². The first-order valence-electron chi connectivity index (χ1n) is 10.6. The van der Waals surface area contributed by atoms with Gasteiger partial charge in [-0.25, -0.2) is 0 Å². The maximum atomic E-state index is 6.03. The van der Waals surface area contributed by atoms with E-state index in [0.29, 0.717) is 5.92 Å². The van der Waals surface area contributed by atoms with Crippen LogP contribution in [0.15, 0.2) is 30.5 Å². The van der Waals surface area contributed by atoms with Gasteiger partial charge < -0.3 is 9.47 Å². The minimum Gasteiger partial charge on any atom is -0.347 e. The zero-order valence-electron chi connectivity index (χ0n) is 16.8. The van der Waals surface area contributed by atoms with Crippen molar-refractivity contribution in [2.45, 2.75) is 71.5 Å². The van der Waals surface area contributed by atoms with Crippen LogP contribution < -0.4 is 0 Å². The monoisotopic (exact) mass is 387 g/mol. The summed E-state index contributed by atoms with van der Waals surface area (Å²) in [5.41, 5.74) is 2.34. The third kappa shape index (κ3) is 6.13. The van der Waals surface area contributed by atoms with Gasteiger partial charge in [0.05, 0.1) is 18.1 Å². The molecule has 0 aliphatic carbocycles. The molecule has 0 atom stereocenters. The number of nitrogens with zero attached hydrogens (tertiary/aromatic N) is 1. The Hall–Kier alpha value is -1.23. The van der Waals surface area contributed by atoms with Crippen molar-refractivity contribution in [2.24, 2.45) is 5.92 Å². The molecule has 4 heteroatoms. The van der Waals surface area contributed by atoms with Crippen LogP contribution in [0.1, 0.15) is 75.7 Å². The fourth-order valence-electron chi connectivity index (χ4n) is 3.52. The third-order valence-corrected chi connectivity index (χ3v) is 6.31. The Morgan fingerprint density at radius 3 is 2.48 bits per heavy atom. The minimum absolute atomic E-state index is 0.201. The van der Waals surface area contributed by atoms with Crippen LogP contribution in [0, 0.1) is 5.92 Å². The van der Waals surface area contributed by atoms with Gasteiger partial charge in [0.2, 0.25) is 0 Å². The fourth-order valence-corrected chi connectivity index (χ4v) is 4.52. The largest absolute Gasteiger partial charge is 0.347 e. The molecule has 0 bridgehead atoms. The first kappa shape index (κ1) is 20.5. The zero-order chi connectivity index (χ0) is 18.9. The second kappa shape index (κ2) is 10.9. The van der Waals surface area contributed by atoms with Crippen LogP contribution in [0.2, 0.25) is 0 Å². The number of thiophene rings is 1. The SMILES string of the molecule is CCCCCCCC1COC(c2ccc(-c3ccc(CCC)nc3)s2)OC1. The van der Waals surface area contributed by atoms with E-state index in [1.54, 1.807) is 11.3 Å². The van der Waals surface area contributed by atoms with Gasteiger partial charge in [-0.2, -0.15) is 0 Å². The van der Waals surface area contributed by atoms with Gasteiger partial charge in [0.1, 0.15) is 0 Å². The number of ether oxygens (including phenoxy) is 2. The molecule has 0 radical (unpaired) electrons. The second-order valence-corrected chi connectivity index (χ2v) is 8.67. The lowest BCUT2D eigenvalue weighted by Gasteiger charge is -2.28. The van der Waals surface area contributed by atoms with Gasteiger partial charge in [0, 0.05) is 28.2 Å². The third-order valence-electron chi connectivity index (χ3n) is 5.16. The highest BCUT2D eigenvalue weighted by atomic mass is 32.1. The maximum absolute atomic E-state index is 6.03. The summed E-state index contributed by atoms with van der Waals surface area (Å²) in [7, 11) is 0. The first-order valence-corrected chi connectivity index (χ1v) is 11.4. The molecular formula is C23H33NO2S. The molecule has 27 heavy (non-hydrogen) atoms. The summed E-state index contributed by atoms with van der Waals surface area (Å²) in [6.45, 7) is 6.08. The average Bonchev–Trinajstić information content (AvgIpc) is 3.19. The number of hydrogen-bond donors (Lipinski definition) is 0. The molecule has 0 saturated carbocycles. The summed E-state index contributed by atoms with van der Waals surface area (Å²) in [5.74, 6) is 0.553. The van der Waals surface area contributed by atoms with E-state index in [1.165, 1.54) is 49.0 Å². The van der Waals surface area contributed by atoms with E-state index < -0.39 is 0 Å². The van der Waals surface area contributed by atoms with Crippen molar-refractivity contribution < 1.29 is 9.47 Å². The molecule has 0 unspecified atom stereocenters. The molecule has 2 aromatic rings. The molecular weight excluding hydrogens is 354 g/mol. The normalized spacial score (nSPS) is 20.1. The van der Waals surface area contributed by atoms with Gasteiger partial charge in [-0.3, -0.25) is 4.98 Å². The summed E-state index contributed by atoms with van der Waals surface area (Å²) in [6.07, 6.45) is 11.8. The van der Waals surface area contributed by atoms with Crippen molar-refractivity contribution in [3.8, 4) is 10.4 Å². The molecule has 3 heterocycles. The van der Waals surface area contributed by atoms with Crippen molar-refractivity contribution in [3.63, 3.8) is 0 Å². The standard InChI is InChI=1S/C23H33NO2S/c1-3-5-6-7-8-10-18-16-25-23(26-17-18)22-14-13-21(27-22)19-11-12-20(9-4-2)24-15-19/h11-15,18,23H,3-10,16-17H2,1-2H3. The molecule has 0 amide bonds. The Labute approximate surface area is 168 Å². The topological polar surface area (TPSA) is 31.4 Å². The van der Waals surface area contributed by atoms with Gasteiger partial charge in [-0.05, 0) is 31.0 Å². The van der Waals surface area contributed by atoms with Gasteiger partial charge in [0.25, 0.3) is 0 Å². The summed E-state index contributed by atoms with van der Waals surface area (Å²) < 4.78 is 12.1. The second-order valence-electron chi connectivity index (χ2n) is 7.56. The average molecular weight is 388 g/mol. The van der Waals surface area contributed by atoms with E-state index in [0.717, 1.165) is 36.6 Å². The van der Waals surface area contributed by atoms with E-state index in [2.05, 4.69) is 43.1 Å². The van der Waals surface area contributed by atoms with Crippen molar-refractivity contribution in [2.75, 3.05) is 13.2 Å². The van der Waals surface area contributed by atoms with Crippen LogP contribution in [0.4, 0.5) is 0 Å². The first-order chi connectivity index (χ1) is 13.3. The minimum atomic E-state index is -0.201. The Morgan fingerprint density at radius 2 is 1.78 bits per heavy atom. The summed E-state index contributed by atoms with van der Waals surface area (Å²) in [4.78, 5) is 6.95. The maximum Gasteiger partial charge on any atom is 0.193 e. The Kier molecular flexibility index (Phi) is 8.31. The van der Waals surface area contributed by atoms with E-state index in [9.17, 15) is 0 Å². The summed E-state index contributed by atoms with van der Waals surface area (Å²) in [6, 6.07) is 8.60. The number of pyridine rings is 1. The quantitative estimate of drug-likeness (QED) is 0.421. The molecule has 2 aromatic heterocycles. The van der Waals surface area contributed by atoms with Crippen LogP contribution in [-0.4, -0.2) is 18.2 Å². The van der Waals surface area contributed by atoms with Gasteiger partial charge in [-0.1, -0.05) is 58.4 Å². The number of aromatic nitrogens is 1. The predicted octanol–water partition coefficient (Wildman–Crippen LogP) is 6.78. The number of aryl methyl sites for hydroxylation is 1. The molecule has 148 valence electrons. The van der Waals surface area contributed by atoms with E-state index in [1.807, 2.05) is 6.20 Å². The molecule has 0 aromatic carbocycles. The van der Waals surface area contributed by atoms with Crippen molar-refractivity contribution in [3.05, 3.63) is 41.0 Å². The van der Waals surface area contributed by atoms with Crippen molar-refractivity contribution in [1.29, 1.82) is 0 Å². The lowest BCUT2D eigenvalue weighted by Crippen LogP contribution is -2.26. The highest BCUT2D eigenvalue weighted by molar-refractivity contribution is 7.15. The summed E-state index contributed by atoms with van der Waals surface area (Å²) in [5, 5.41) is 0. The van der Waals surface area contributed by atoms with Crippen LogP contribution in [0.25, 0.3) is 10.4 Å². The zero-order valence-corrected chi connectivity index (χ0v) is 17.6. The van der Waals surface area contributed by atoms with Crippen LogP contribution in [-0.2, 0) is 15.9 Å². The van der Waals surface area contributed by atoms with Crippen molar-refractivity contribution >= 4 is 11.3 Å². The Balaban J connectivity index is 1.46.